The average Bonchev–Trinajstić information content (AvgIpc) is 2.95. The second-order valence-electron chi connectivity index (χ2n) is 5.59. The number of aliphatic hydroxyl groups is 1. The van der Waals surface area contributed by atoms with Crippen LogP contribution in [0.5, 0.6) is 5.75 Å². The van der Waals surface area contributed by atoms with Crippen LogP contribution in [0.4, 0.5) is 0 Å². The molecule has 1 saturated heterocycles. The van der Waals surface area contributed by atoms with Crippen molar-refractivity contribution in [2.75, 3.05) is 13.2 Å². The van der Waals surface area contributed by atoms with Gasteiger partial charge in [-0.05, 0) is 22.9 Å². The fourth-order valence-electron chi connectivity index (χ4n) is 2.81. The molecule has 1 fully saturated rings. The molecule has 2 N–H and O–H groups in total. The van der Waals surface area contributed by atoms with E-state index in [1.165, 1.54) is 0 Å². The first kappa shape index (κ1) is 15.3. The zero-order valence-corrected chi connectivity index (χ0v) is 12.4. The Hall–Kier alpha value is -2.60. The molecule has 2 aromatic carbocycles. The third kappa shape index (κ3) is 3.27. The number of ether oxygens (including phenoxy) is 1. The summed E-state index contributed by atoms with van der Waals surface area (Å²) < 4.78 is 5.49. The van der Waals surface area contributed by atoms with E-state index in [2.05, 4.69) is 0 Å². The molecule has 0 spiro atoms. The van der Waals surface area contributed by atoms with Crippen LogP contribution >= 0.6 is 0 Å². The summed E-state index contributed by atoms with van der Waals surface area (Å²) in [5.41, 5.74) is 0. The van der Waals surface area contributed by atoms with Gasteiger partial charge >= 0.3 is 5.97 Å². The first-order valence-corrected chi connectivity index (χ1v) is 7.36. The second kappa shape index (κ2) is 6.26. The van der Waals surface area contributed by atoms with Crippen molar-refractivity contribution in [3.8, 4) is 5.75 Å². The Labute approximate surface area is 132 Å². The highest BCUT2D eigenvalue weighted by Crippen LogP contribution is 2.22. The molecular formula is C17H17NO5. The first-order chi connectivity index (χ1) is 11.0. The zero-order valence-electron chi connectivity index (χ0n) is 12.4. The summed E-state index contributed by atoms with van der Waals surface area (Å²) >= 11 is 0. The van der Waals surface area contributed by atoms with Gasteiger partial charge in [0.2, 0.25) is 0 Å². The smallest absolute Gasteiger partial charge is 0.326 e. The Balaban J connectivity index is 1.66. The van der Waals surface area contributed by atoms with E-state index in [0.29, 0.717) is 5.75 Å². The molecule has 120 valence electrons. The molecule has 0 saturated carbocycles. The van der Waals surface area contributed by atoms with Gasteiger partial charge in [0.1, 0.15) is 11.8 Å². The van der Waals surface area contributed by atoms with Crippen LogP contribution in [0.3, 0.4) is 0 Å². The van der Waals surface area contributed by atoms with Crippen LogP contribution in [0.1, 0.15) is 6.42 Å². The van der Waals surface area contributed by atoms with Crippen molar-refractivity contribution in [2.45, 2.75) is 18.6 Å². The topological polar surface area (TPSA) is 87.1 Å². The highest BCUT2D eigenvalue weighted by molar-refractivity contribution is 5.86. The van der Waals surface area contributed by atoms with Gasteiger partial charge in [0.15, 0.2) is 6.61 Å². The Morgan fingerprint density at radius 2 is 1.91 bits per heavy atom. The summed E-state index contributed by atoms with van der Waals surface area (Å²) in [4.78, 5) is 24.5. The van der Waals surface area contributed by atoms with E-state index in [0.717, 1.165) is 15.7 Å². The monoisotopic (exact) mass is 315 g/mol. The van der Waals surface area contributed by atoms with Crippen LogP contribution in [0.15, 0.2) is 42.5 Å². The maximum Gasteiger partial charge on any atom is 0.326 e. The second-order valence-corrected chi connectivity index (χ2v) is 5.59. The molecule has 1 heterocycles. The molecule has 2 aromatic rings. The van der Waals surface area contributed by atoms with Gasteiger partial charge in [-0.1, -0.05) is 30.3 Å². The molecule has 23 heavy (non-hydrogen) atoms. The van der Waals surface area contributed by atoms with Crippen LogP contribution in [-0.2, 0) is 9.59 Å². The number of β-amino-alcohol motifs (C(OH)–C–C–N with tert-alkyl or cyclic N) is 1. The van der Waals surface area contributed by atoms with E-state index in [9.17, 15) is 14.7 Å². The Morgan fingerprint density at radius 3 is 2.65 bits per heavy atom. The van der Waals surface area contributed by atoms with Crippen LogP contribution in [-0.4, -0.2) is 52.3 Å². The van der Waals surface area contributed by atoms with Crippen molar-refractivity contribution in [3.05, 3.63) is 42.5 Å². The minimum atomic E-state index is -1.11. The van der Waals surface area contributed by atoms with Crippen molar-refractivity contribution < 1.29 is 24.5 Å². The molecule has 1 amide bonds. The van der Waals surface area contributed by atoms with Crippen molar-refractivity contribution in [2.24, 2.45) is 0 Å². The molecule has 0 aromatic heterocycles. The minimum absolute atomic E-state index is 0.0247. The normalized spacial score (nSPS) is 20.7. The van der Waals surface area contributed by atoms with Crippen molar-refractivity contribution in [3.63, 3.8) is 0 Å². The van der Waals surface area contributed by atoms with Gasteiger partial charge < -0.3 is 19.8 Å². The van der Waals surface area contributed by atoms with Crippen molar-refractivity contribution in [1.82, 2.24) is 4.90 Å². The van der Waals surface area contributed by atoms with E-state index in [-0.39, 0.29) is 19.6 Å². The summed E-state index contributed by atoms with van der Waals surface area (Å²) in [6.07, 6.45) is -0.752. The third-order valence-electron chi connectivity index (χ3n) is 3.97. The molecular weight excluding hydrogens is 298 g/mol. The predicted octanol–water partition coefficient (Wildman–Crippen LogP) is 1.26. The van der Waals surface area contributed by atoms with Gasteiger partial charge in [-0.2, -0.15) is 0 Å². The number of carboxylic acids is 1. The quantitative estimate of drug-likeness (QED) is 0.887. The number of carbonyl (C=O) groups excluding carboxylic acids is 1. The minimum Gasteiger partial charge on any atom is -0.484 e. The number of fused-ring (bicyclic) bond motifs is 1. The lowest BCUT2D eigenvalue weighted by Gasteiger charge is -2.21. The van der Waals surface area contributed by atoms with Gasteiger partial charge in [0.05, 0.1) is 6.10 Å². The van der Waals surface area contributed by atoms with Crippen molar-refractivity contribution in [1.29, 1.82) is 0 Å². The van der Waals surface area contributed by atoms with Gasteiger partial charge in [-0.25, -0.2) is 4.79 Å². The van der Waals surface area contributed by atoms with Gasteiger partial charge in [0, 0.05) is 13.0 Å². The van der Waals surface area contributed by atoms with E-state index in [1.54, 1.807) is 6.07 Å². The maximum absolute atomic E-state index is 12.2. The van der Waals surface area contributed by atoms with Crippen molar-refractivity contribution >= 4 is 22.6 Å². The van der Waals surface area contributed by atoms with E-state index < -0.39 is 24.0 Å². The molecule has 0 aliphatic carbocycles. The number of carbonyl (C=O) groups is 2. The molecule has 3 rings (SSSR count). The number of aliphatic carboxylic acids is 1. The molecule has 1 aliphatic heterocycles. The van der Waals surface area contributed by atoms with E-state index in [1.807, 2.05) is 36.4 Å². The molecule has 1 aliphatic rings. The maximum atomic E-state index is 12.2. The predicted molar refractivity (Wildman–Crippen MR) is 83.2 cm³/mol. The third-order valence-corrected chi connectivity index (χ3v) is 3.97. The molecule has 2 unspecified atom stereocenters. The highest BCUT2D eigenvalue weighted by Gasteiger charge is 2.38. The molecule has 2 atom stereocenters. The number of aliphatic hydroxyl groups excluding tert-OH is 1. The summed E-state index contributed by atoms with van der Waals surface area (Å²) in [5, 5.41) is 20.7. The summed E-state index contributed by atoms with van der Waals surface area (Å²) in [6.45, 7) is -0.230. The summed E-state index contributed by atoms with van der Waals surface area (Å²) in [5.74, 6) is -1.01. The van der Waals surface area contributed by atoms with Gasteiger partial charge in [0.25, 0.3) is 5.91 Å². The zero-order chi connectivity index (χ0) is 16.4. The van der Waals surface area contributed by atoms with Crippen LogP contribution in [0.2, 0.25) is 0 Å². The number of hydrogen-bond donors (Lipinski definition) is 2. The van der Waals surface area contributed by atoms with Crippen LogP contribution in [0, 0.1) is 0 Å². The summed E-state index contributed by atoms with van der Waals surface area (Å²) in [7, 11) is 0. The van der Waals surface area contributed by atoms with Crippen LogP contribution < -0.4 is 4.74 Å². The van der Waals surface area contributed by atoms with Crippen LogP contribution in [0.25, 0.3) is 10.8 Å². The molecule has 0 radical (unpaired) electrons. The number of amides is 1. The fourth-order valence-corrected chi connectivity index (χ4v) is 2.81. The van der Waals surface area contributed by atoms with E-state index in [4.69, 9.17) is 9.84 Å². The Bertz CT molecular complexity index is 745. The fraction of sp³-hybridized carbons (Fsp3) is 0.294. The van der Waals surface area contributed by atoms with E-state index >= 15 is 0 Å². The number of hydrogen-bond acceptors (Lipinski definition) is 4. The number of benzene rings is 2. The number of likely N-dealkylation sites (tertiary alicyclic amines) is 1. The first-order valence-electron chi connectivity index (χ1n) is 7.36. The number of nitrogens with zero attached hydrogens (tertiary/aromatic N) is 1. The number of rotatable bonds is 4. The largest absolute Gasteiger partial charge is 0.484 e. The molecule has 6 nitrogen and oxygen atoms in total. The summed E-state index contributed by atoms with van der Waals surface area (Å²) in [6, 6.07) is 12.3. The SMILES string of the molecule is O=C(O)C1CC(O)CN1C(=O)COc1ccc2ccccc2c1. The lowest BCUT2D eigenvalue weighted by molar-refractivity contribution is -0.148. The number of carboxylic acid groups (broad SMARTS) is 1. The lowest BCUT2D eigenvalue weighted by Crippen LogP contribution is -2.42. The Kier molecular flexibility index (Phi) is 4.16. The highest BCUT2D eigenvalue weighted by atomic mass is 16.5. The van der Waals surface area contributed by atoms with Gasteiger partial charge in [-0.15, -0.1) is 0 Å². The Morgan fingerprint density at radius 1 is 1.17 bits per heavy atom. The van der Waals surface area contributed by atoms with Gasteiger partial charge in [-0.3, -0.25) is 4.79 Å². The molecule has 6 heteroatoms. The lowest BCUT2D eigenvalue weighted by atomic mass is 10.1. The average molecular weight is 315 g/mol. The molecule has 0 bridgehead atoms. The standard InChI is InChI=1S/C17H17NO5/c19-13-8-15(17(21)22)18(9-13)16(20)10-23-14-6-5-11-3-1-2-4-12(11)7-14/h1-7,13,15,19H,8-10H2,(H,21,22).